The molecular formula is C31H28Br2O4. The van der Waals surface area contributed by atoms with Crippen LogP contribution in [-0.4, -0.2) is 21.9 Å². The number of phenolic OH excluding ortho intramolecular Hbond substituents is 3. The van der Waals surface area contributed by atoms with Gasteiger partial charge >= 0.3 is 0 Å². The normalized spacial score (nSPS) is 12.8. The lowest BCUT2D eigenvalue weighted by atomic mass is 9.91. The van der Waals surface area contributed by atoms with Crippen LogP contribution in [0.5, 0.6) is 23.0 Å². The molecule has 0 atom stereocenters. The van der Waals surface area contributed by atoms with E-state index in [-0.39, 0.29) is 17.2 Å². The van der Waals surface area contributed by atoms with Gasteiger partial charge in [-0.25, -0.2) is 0 Å². The SMILES string of the molecule is CCCOc1c2cccc1Cc1cc(Br)cc(c1O)Cc1cc(Br)cc(c1O)Cc1cccc(c1O)C2. The van der Waals surface area contributed by atoms with Gasteiger partial charge in [-0.3, -0.25) is 0 Å². The molecule has 1 aliphatic rings. The van der Waals surface area contributed by atoms with E-state index >= 15 is 0 Å². The van der Waals surface area contributed by atoms with E-state index in [9.17, 15) is 15.3 Å². The summed E-state index contributed by atoms with van der Waals surface area (Å²) >= 11 is 7.20. The smallest absolute Gasteiger partial charge is 0.126 e. The van der Waals surface area contributed by atoms with Gasteiger partial charge in [0.25, 0.3) is 0 Å². The summed E-state index contributed by atoms with van der Waals surface area (Å²) in [5.41, 5.74) is 6.37. The Morgan fingerprint density at radius 1 is 0.595 bits per heavy atom. The minimum absolute atomic E-state index is 0.168. The summed E-state index contributed by atoms with van der Waals surface area (Å²) in [4.78, 5) is 0. The molecule has 0 heterocycles. The summed E-state index contributed by atoms with van der Waals surface area (Å²) in [5, 5.41) is 33.8. The van der Waals surface area contributed by atoms with Gasteiger partial charge in [-0.05, 0) is 75.2 Å². The number of aromatic hydroxyl groups is 3. The van der Waals surface area contributed by atoms with Gasteiger partial charge in [-0.2, -0.15) is 0 Å². The number of hydrogen-bond donors (Lipinski definition) is 3. The first kappa shape index (κ1) is 25.7. The van der Waals surface area contributed by atoms with Crippen LogP contribution in [0.25, 0.3) is 0 Å². The predicted octanol–water partition coefficient (Wildman–Crippen LogP) is 7.79. The van der Waals surface area contributed by atoms with Crippen LogP contribution in [0.4, 0.5) is 0 Å². The minimum Gasteiger partial charge on any atom is -0.507 e. The molecule has 0 unspecified atom stereocenters. The molecule has 0 fully saturated rings. The number of phenols is 3. The molecule has 5 rings (SSSR count). The molecule has 4 nitrogen and oxygen atoms in total. The van der Waals surface area contributed by atoms with Crippen LogP contribution in [0, 0.1) is 0 Å². The first-order valence-electron chi connectivity index (χ1n) is 12.4. The maximum Gasteiger partial charge on any atom is 0.126 e. The van der Waals surface area contributed by atoms with Crippen LogP contribution < -0.4 is 4.74 Å². The number of benzene rings is 4. The Labute approximate surface area is 233 Å². The van der Waals surface area contributed by atoms with E-state index in [2.05, 4.69) is 38.8 Å². The highest BCUT2D eigenvalue weighted by molar-refractivity contribution is 9.10. The molecule has 0 aliphatic heterocycles. The quantitative estimate of drug-likeness (QED) is 0.192. The third-order valence-electron chi connectivity index (χ3n) is 6.82. The lowest BCUT2D eigenvalue weighted by Crippen LogP contribution is -2.05. The predicted molar refractivity (Wildman–Crippen MR) is 153 cm³/mol. The summed E-state index contributed by atoms with van der Waals surface area (Å²) < 4.78 is 7.95. The van der Waals surface area contributed by atoms with Crippen molar-refractivity contribution in [2.45, 2.75) is 39.0 Å². The largest absolute Gasteiger partial charge is 0.507 e. The first-order valence-corrected chi connectivity index (χ1v) is 14.0. The summed E-state index contributed by atoms with van der Waals surface area (Å²) in [5.74, 6) is 1.41. The average Bonchev–Trinajstić information content (AvgIpc) is 2.86. The van der Waals surface area contributed by atoms with Crippen LogP contribution in [0.15, 0.2) is 69.6 Å². The van der Waals surface area contributed by atoms with Gasteiger partial charge < -0.3 is 20.1 Å². The Morgan fingerprint density at radius 2 is 0.946 bits per heavy atom. The van der Waals surface area contributed by atoms with Gasteiger partial charge in [-0.15, -0.1) is 0 Å². The lowest BCUT2D eigenvalue weighted by Gasteiger charge is -2.19. The van der Waals surface area contributed by atoms with Crippen molar-refractivity contribution in [3.63, 3.8) is 0 Å². The third kappa shape index (κ3) is 5.36. The molecule has 8 bridgehead atoms. The molecule has 0 saturated heterocycles. The van der Waals surface area contributed by atoms with Gasteiger partial charge in [0.05, 0.1) is 6.61 Å². The summed E-state index contributed by atoms with van der Waals surface area (Å²) in [6.07, 6.45) is 2.57. The maximum absolute atomic E-state index is 11.3. The fourth-order valence-corrected chi connectivity index (χ4v) is 6.14. The zero-order valence-corrected chi connectivity index (χ0v) is 23.7. The molecular weight excluding hydrogens is 596 g/mol. The van der Waals surface area contributed by atoms with Gasteiger partial charge in [0.1, 0.15) is 23.0 Å². The van der Waals surface area contributed by atoms with E-state index in [1.807, 2.05) is 60.7 Å². The molecule has 1 aliphatic carbocycles. The molecule has 37 heavy (non-hydrogen) atoms. The van der Waals surface area contributed by atoms with Crippen molar-refractivity contribution in [3.8, 4) is 23.0 Å². The molecule has 0 aromatic heterocycles. The van der Waals surface area contributed by atoms with E-state index in [0.717, 1.165) is 48.9 Å². The van der Waals surface area contributed by atoms with Gasteiger partial charge in [0, 0.05) is 34.6 Å². The Morgan fingerprint density at radius 3 is 1.41 bits per heavy atom. The number of para-hydroxylation sites is 2. The van der Waals surface area contributed by atoms with Crippen LogP contribution in [0.2, 0.25) is 0 Å². The molecule has 6 heteroatoms. The van der Waals surface area contributed by atoms with Gasteiger partial charge in [-0.1, -0.05) is 75.2 Å². The molecule has 0 spiro atoms. The fraction of sp³-hybridized carbons (Fsp3) is 0.226. The minimum atomic E-state index is 0.168. The standard InChI is InChI=1S/C31H28Br2O4/c1-2-9-37-31-20-7-4-8-21(31)12-23-15-27(33)17-25(30(23)36)13-24-16-26(32)14-22(29(24)35)11-19-6-3-5-18(10-20)28(19)34/h3-8,14-17,34-36H,2,9-13H2,1H3. The number of rotatable bonds is 3. The van der Waals surface area contributed by atoms with Crippen LogP contribution >= 0.6 is 31.9 Å². The Balaban J connectivity index is 1.74. The molecule has 4 aromatic carbocycles. The van der Waals surface area contributed by atoms with Crippen LogP contribution in [0.3, 0.4) is 0 Å². The second-order valence-electron chi connectivity index (χ2n) is 9.53. The molecule has 0 amide bonds. The number of hydrogen-bond acceptors (Lipinski definition) is 4. The van der Waals surface area contributed by atoms with Crippen molar-refractivity contribution in [2.75, 3.05) is 6.61 Å². The zero-order chi connectivity index (χ0) is 26.1. The second-order valence-corrected chi connectivity index (χ2v) is 11.4. The molecule has 0 saturated carbocycles. The molecule has 3 N–H and O–H groups in total. The van der Waals surface area contributed by atoms with Crippen molar-refractivity contribution < 1.29 is 20.1 Å². The third-order valence-corrected chi connectivity index (χ3v) is 7.74. The molecule has 190 valence electrons. The molecule has 0 radical (unpaired) electrons. The van der Waals surface area contributed by atoms with E-state index in [1.165, 1.54) is 0 Å². The second kappa shape index (κ2) is 10.8. The highest BCUT2D eigenvalue weighted by Gasteiger charge is 2.20. The van der Waals surface area contributed by atoms with Crippen molar-refractivity contribution in [2.24, 2.45) is 0 Å². The van der Waals surface area contributed by atoms with Crippen molar-refractivity contribution in [1.29, 1.82) is 0 Å². The van der Waals surface area contributed by atoms with Crippen LogP contribution in [0.1, 0.15) is 57.9 Å². The van der Waals surface area contributed by atoms with Crippen molar-refractivity contribution >= 4 is 31.9 Å². The Hall–Kier alpha value is -2.96. The number of fused-ring (bicyclic) bond motifs is 8. The maximum atomic E-state index is 11.3. The van der Waals surface area contributed by atoms with Crippen molar-refractivity contribution in [3.05, 3.63) is 114 Å². The summed E-state index contributed by atoms with van der Waals surface area (Å²) in [7, 11) is 0. The van der Waals surface area contributed by atoms with E-state index in [0.29, 0.717) is 49.0 Å². The molecule has 4 aromatic rings. The lowest BCUT2D eigenvalue weighted by molar-refractivity contribution is 0.311. The highest BCUT2D eigenvalue weighted by Crippen LogP contribution is 2.39. The Kier molecular flexibility index (Phi) is 7.50. The van der Waals surface area contributed by atoms with E-state index < -0.39 is 0 Å². The summed E-state index contributed by atoms with van der Waals surface area (Å²) in [6, 6.07) is 19.4. The van der Waals surface area contributed by atoms with Gasteiger partial charge in [0.2, 0.25) is 0 Å². The van der Waals surface area contributed by atoms with Gasteiger partial charge in [0.15, 0.2) is 0 Å². The fourth-order valence-electron chi connectivity index (χ4n) is 5.03. The summed E-state index contributed by atoms with van der Waals surface area (Å²) in [6.45, 7) is 2.65. The topological polar surface area (TPSA) is 69.9 Å². The Bertz CT molecular complexity index is 1480. The van der Waals surface area contributed by atoms with Crippen molar-refractivity contribution in [1.82, 2.24) is 0 Å². The highest BCUT2D eigenvalue weighted by atomic mass is 79.9. The zero-order valence-electron chi connectivity index (χ0n) is 20.5. The van der Waals surface area contributed by atoms with E-state index in [4.69, 9.17) is 4.74 Å². The number of ether oxygens (including phenoxy) is 1. The van der Waals surface area contributed by atoms with E-state index in [1.54, 1.807) is 0 Å². The van der Waals surface area contributed by atoms with Crippen LogP contribution in [-0.2, 0) is 25.7 Å². The number of halogens is 2. The first-order chi connectivity index (χ1) is 17.8. The monoisotopic (exact) mass is 622 g/mol. The average molecular weight is 624 g/mol.